The van der Waals surface area contributed by atoms with Crippen LogP contribution in [0.15, 0.2) is 18.2 Å². The number of methoxy groups -OCH3 is 2. The van der Waals surface area contributed by atoms with Crippen molar-refractivity contribution >= 4 is 6.09 Å². The van der Waals surface area contributed by atoms with Crippen molar-refractivity contribution in [2.45, 2.75) is 58.2 Å². The van der Waals surface area contributed by atoms with Gasteiger partial charge in [0.25, 0.3) is 0 Å². The summed E-state index contributed by atoms with van der Waals surface area (Å²) in [7, 11) is 3.30. The summed E-state index contributed by atoms with van der Waals surface area (Å²) in [4.78, 5) is 14.4. The van der Waals surface area contributed by atoms with Crippen molar-refractivity contribution in [3.63, 3.8) is 0 Å². The molecule has 0 aliphatic heterocycles. The van der Waals surface area contributed by atoms with Crippen LogP contribution in [0.1, 0.15) is 45.6 Å². The van der Waals surface area contributed by atoms with Gasteiger partial charge in [0.05, 0.1) is 13.7 Å². The van der Waals surface area contributed by atoms with Crippen LogP contribution in [0.25, 0.3) is 0 Å². The molecule has 0 bridgehead atoms. The molecule has 6 nitrogen and oxygen atoms in total. The van der Waals surface area contributed by atoms with Gasteiger partial charge in [-0.3, -0.25) is 0 Å². The van der Waals surface area contributed by atoms with E-state index in [1.165, 1.54) is 0 Å². The van der Waals surface area contributed by atoms with E-state index >= 15 is 0 Å². The maximum atomic E-state index is 12.6. The predicted molar refractivity (Wildman–Crippen MR) is 99.8 cm³/mol. The average molecular weight is 365 g/mol. The van der Waals surface area contributed by atoms with Crippen molar-refractivity contribution in [3.05, 3.63) is 23.8 Å². The summed E-state index contributed by atoms with van der Waals surface area (Å²) in [5.74, 6) is 1.44. The Kier molecular flexibility index (Phi) is 7.14. The predicted octanol–water partition coefficient (Wildman–Crippen LogP) is 4.01. The maximum Gasteiger partial charge on any atom is 0.410 e. The molecular weight excluding hydrogens is 334 g/mol. The summed E-state index contributed by atoms with van der Waals surface area (Å²) < 4.78 is 21.8. The van der Waals surface area contributed by atoms with Gasteiger partial charge in [-0.2, -0.15) is 0 Å². The molecule has 1 aliphatic rings. The Morgan fingerprint density at radius 2 is 1.81 bits per heavy atom. The second-order valence-electron chi connectivity index (χ2n) is 7.55. The zero-order valence-corrected chi connectivity index (χ0v) is 16.5. The van der Waals surface area contributed by atoms with Gasteiger partial charge in [-0.05, 0) is 51.3 Å². The van der Waals surface area contributed by atoms with Crippen LogP contribution >= 0.6 is 0 Å². The van der Waals surface area contributed by atoms with Crippen LogP contribution in [0.4, 0.5) is 4.79 Å². The number of amides is 1. The number of carbonyl (C=O) groups excluding carboxylic acids is 1. The third kappa shape index (κ3) is 6.75. The first-order chi connectivity index (χ1) is 12.3. The van der Waals surface area contributed by atoms with Crippen LogP contribution in [0, 0.1) is 0 Å². The summed E-state index contributed by atoms with van der Waals surface area (Å²) in [6, 6.07) is 5.99. The Hall–Kier alpha value is -1.95. The molecule has 0 aromatic heterocycles. The maximum absolute atomic E-state index is 12.6. The fourth-order valence-corrected chi connectivity index (χ4v) is 2.56. The summed E-state index contributed by atoms with van der Waals surface area (Å²) >= 11 is 0. The molecule has 0 unspecified atom stereocenters. The lowest BCUT2D eigenvalue weighted by molar-refractivity contribution is 0.0216. The second-order valence-corrected chi connectivity index (χ2v) is 7.55. The van der Waals surface area contributed by atoms with E-state index in [0.717, 1.165) is 30.6 Å². The zero-order chi connectivity index (χ0) is 19.2. The molecular formula is C20H31NO5. The van der Waals surface area contributed by atoms with Gasteiger partial charge >= 0.3 is 6.09 Å². The van der Waals surface area contributed by atoms with Gasteiger partial charge < -0.3 is 23.8 Å². The number of rotatable bonds is 9. The Morgan fingerprint density at radius 1 is 1.12 bits per heavy atom. The number of ether oxygens (including phenoxy) is 4. The van der Waals surface area contributed by atoms with Crippen molar-refractivity contribution in [2.24, 2.45) is 0 Å². The Labute approximate surface area is 156 Å². The first-order valence-electron chi connectivity index (χ1n) is 9.11. The molecule has 0 heterocycles. The molecule has 0 N–H and O–H groups in total. The molecule has 1 aromatic carbocycles. The van der Waals surface area contributed by atoms with Crippen LogP contribution in [0.2, 0.25) is 0 Å². The molecule has 2 rings (SSSR count). The third-order valence-electron chi connectivity index (χ3n) is 3.91. The van der Waals surface area contributed by atoms with Crippen molar-refractivity contribution in [3.8, 4) is 11.5 Å². The van der Waals surface area contributed by atoms with Gasteiger partial charge in [-0.1, -0.05) is 0 Å². The molecule has 26 heavy (non-hydrogen) atoms. The summed E-state index contributed by atoms with van der Waals surface area (Å²) in [5, 5.41) is 0. The Balaban J connectivity index is 2.08. The highest BCUT2D eigenvalue weighted by Crippen LogP contribution is 2.31. The van der Waals surface area contributed by atoms with Crippen LogP contribution in [-0.2, 0) is 16.0 Å². The Morgan fingerprint density at radius 3 is 2.38 bits per heavy atom. The quantitative estimate of drug-likeness (QED) is 0.619. The average Bonchev–Trinajstić information content (AvgIpc) is 3.39. The molecule has 0 atom stereocenters. The molecule has 1 aliphatic carbocycles. The van der Waals surface area contributed by atoms with Crippen LogP contribution in [0.3, 0.4) is 0 Å². The van der Waals surface area contributed by atoms with E-state index in [1.54, 1.807) is 19.1 Å². The van der Waals surface area contributed by atoms with E-state index in [-0.39, 0.29) is 12.1 Å². The molecule has 146 valence electrons. The SMILES string of the molecule is COCCCOc1cc(CN(C(=O)OC(C)(C)C)C2CC2)cc(OC)c1. The standard InChI is InChI=1S/C20H31NO5/c1-20(2,3)26-19(22)21(16-7-8-16)14-15-11-17(24-5)13-18(12-15)25-10-6-9-23-4/h11-13,16H,6-10,14H2,1-5H3. The van der Waals surface area contributed by atoms with Crippen LogP contribution < -0.4 is 9.47 Å². The lowest BCUT2D eigenvalue weighted by Crippen LogP contribution is -2.37. The molecule has 1 fully saturated rings. The summed E-state index contributed by atoms with van der Waals surface area (Å²) in [6.45, 7) is 7.35. The highest BCUT2D eigenvalue weighted by molar-refractivity contribution is 5.69. The molecule has 1 aromatic rings. The molecule has 0 radical (unpaired) electrons. The highest BCUT2D eigenvalue weighted by atomic mass is 16.6. The van der Waals surface area contributed by atoms with Gasteiger partial charge in [0.15, 0.2) is 0 Å². The monoisotopic (exact) mass is 365 g/mol. The van der Waals surface area contributed by atoms with Crippen molar-refractivity contribution in [2.75, 3.05) is 27.4 Å². The fraction of sp³-hybridized carbons (Fsp3) is 0.650. The minimum Gasteiger partial charge on any atom is -0.497 e. The van der Waals surface area contributed by atoms with Gasteiger partial charge in [-0.25, -0.2) is 4.79 Å². The minimum atomic E-state index is -0.506. The highest BCUT2D eigenvalue weighted by Gasteiger charge is 2.35. The number of benzene rings is 1. The summed E-state index contributed by atoms with van der Waals surface area (Å²) in [6.07, 6.45) is 2.58. The van der Waals surface area contributed by atoms with Gasteiger partial charge in [0.2, 0.25) is 0 Å². The lowest BCUT2D eigenvalue weighted by Gasteiger charge is -2.27. The van der Waals surface area contributed by atoms with Crippen molar-refractivity contribution in [1.82, 2.24) is 4.90 Å². The summed E-state index contributed by atoms with van der Waals surface area (Å²) in [5.41, 5.74) is 0.456. The minimum absolute atomic E-state index is 0.252. The van der Waals surface area contributed by atoms with Crippen molar-refractivity contribution < 1.29 is 23.7 Å². The first kappa shape index (κ1) is 20.4. The topological polar surface area (TPSA) is 57.2 Å². The fourth-order valence-electron chi connectivity index (χ4n) is 2.56. The smallest absolute Gasteiger partial charge is 0.410 e. The van der Waals surface area contributed by atoms with E-state index in [4.69, 9.17) is 18.9 Å². The van der Waals surface area contributed by atoms with Crippen LogP contribution in [0.5, 0.6) is 11.5 Å². The number of nitrogens with zero attached hydrogens (tertiary/aromatic N) is 1. The normalized spacial score (nSPS) is 14.0. The largest absolute Gasteiger partial charge is 0.497 e. The van der Waals surface area contributed by atoms with Crippen LogP contribution in [-0.4, -0.2) is 50.1 Å². The van der Waals surface area contributed by atoms with Crippen molar-refractivity contribution in [1.29, 1.82) is 0 Å². The van der Waals surface area contributed by atoms with E-state index in [9.17, 15) is 4.79 Å². The van der Waals surface area contributed by atoms with E-state index in [2.05, 4.69) is 0 Å². The number of carbonyl (C=O) groups is 1. The third-order valence-corrected chi connectivity index (χ3v) is 3.91. The van der Waals surface area contributed by atoms with E-state index in [0.29, 0.717) is 25.5 Å². The molecule has 0 saturated heterocycles. The zero-order valence-electron chi connectivity index (χ0n) is 16.5. The molecule has 1 amide bonds. The number of hydrogen-bond acceptors (Lipinski definition) is 5. The van der Waals surface area contributed by atoms with Gasteiger partial charge in [-0.15, -0.1) is 0 Å². The Bertz CT molecular complexity index is 592. The first-order valence-corrected chi connectivity index (χ1v) is 9.11. The number of hydrogen-bond donors (Lipinski definition) is 0. The van der Waals surface area contributed by atoms with Gasteiger partial charge in [0.1, 0.15) is 17.1 Å². The molecule has 1 saturated carbocycles. The van der Waals surface area contributed by atoms with E-state index < -0.39 is 5.60 Å². The molecule has 6 heteroatoms. The second kappa shape index (κ2) is 9.12. The van der Waals surface area contributed by atoms with Gasteiger partial charge in [0, 0.05) is 38.8 Å². The molecule has 0 spiro atoms. The van der Waals surface area contributed by atoms with E-state index in [1.807, 2.05) is 39.0 Å². The lowest BCUT2D eigenvalue weighted by atomic mass is 10.2.